The number of likely N-dealkylation sites (tertiary alicyclic amines) is 1. The molecule has 1 saturated heterocycles. The molecule has 4 nitrogen and oxygen atoms in total. The Labute approximate surface area is 126 Å². The molecule has 21 heavy (non-hydrogen) atoms. The third kappa shape index (κ3) is 2.97. The average Bonchev–Trinajstić information content (AvgIpc) is 2.51. The van der Waals surface area contributed by atoms with Gasteiger partial charge in [-0.15, -0.1) is 0 Å². The fourth-order valence-corrected chi connectivity index (χ4v) is 3.54. The van der Waals surface area contributed by atoms with Crippen LogP contribution in [0.25, 0.3) is 0 Å². The maximum atomic E-state index is 12.7. The third-order valence-electron chi connectivity index (χ3n) is 4.84. The number of nitrogens with two attached hydrogens (primary N) is 1. The summed E-state index contributed by atoms with van der Waals surface area (Å²) in [6, 6.07) is 6.14. The van der Waals surface area contributed by atoms with Gasteiger partial charge in [-0.05, 0) is 44.8 Å². The van der Waals surface area contributed by atoms with E-state index in [1.807, 2.05) is 18.2 Å². The van der Waals surface area contributed by atoms with Crippen LogP contribution in [0.4, 0.5) is 0 Å². The normalized spacial score (nSPS) is 23.9. The summed E-state index contributed by atoms with van der Waals surface area (Å²) in [5.74, 6) is 1.26. The first-order chi connectivity index (χ1) is 10.2. The van der Waals surface area contributed by atoms with Crippen molar-refractivity contribution in [2.75, 3.05) is 26.7 Å². The van der Waals surface area contributed by atoms with E-state index < -0.39 is 0 Å². The number of hydrogen-bond donors (Lipinski definition) is 1. The molecule has 0 spiro atoms. The van der Waals surface area contributed by atoms with Gasteiger partial charge < -0.3 is 15.4 Å². The number of methoxy groups -OCH3 is 1. The number of benzene rings is 1. The molecule has 4 heteroatoms. The summed E-state index contributed by atoms with van der Waals surface area (Å²) in [6.07, 6.45) is 3.95. The minimum Gasteiger partial charge on any atom is -0.496 e. The molecule has 1 aliphatic heterocycles. The zero-order valence-corrected chi connectivity index (χ0v) is 12.7. The van der Waals surface area contributed by atoms with Gasteiger partial charge in [-0.2, -0.15) is 0 Å². The molecule has 1 aliphatic carbocycles. The molecular weight excluding hydrogens is 264 g/mol. The largest absolute Gasteiger partial charge is 0.496 e. The summed E-state index contributed by atoms with van der Waals surface area (Å²) < 4.78 is 5.38. The predicted octanol–water partition coefficient (Wildman–Crippen LogP) is 1.86. The molecule has 0 amide bonds. The summed E-state index contributed by atoms with van der Waals surface area (Å²) in [5.41, 5.74) is 7.89. The Bertz CT molecular complexity index is 522. The Morgan fingerprint density at radius 1 is 1.29 bits per heavy atom. The molecule has 3 rings (SSSR count). The van der Waals surface area contributed by atoms with Gasteiger partial charge in [-0.25, -0.2) is 0 Å². The Balaban J connectivity index is 1.71. The fourth-order valence-electron chi connectivity index (χ4n) is 3.54. The van der Waals surface area contributed by atoms with Crippen molar-refractivity contribution in [2.45, 2.75) is 31.7 Å². The predicted molar refractivity (Wildman–Crippen MR) is 82.8 cm³/mol. The van der Waals surface area contributed by atoms with E-state index >= 15 is 0 Å². The standard InChI is InChI=1S/C17H24N2O2/c1-21-16-4-2-3-15-14(16)6-5-12(17(15)20)11-19-9-7-13(18)8-10-19/h2-4,12-13H,5-11,18H2,1H3. The van der Waals surface area contributed by atoms with E-state index in [2.05, 4.69) is 4.90 Å². The average molecular weight is 288 g/mol. The maximum Gasteiger partial charge on any atom is 0.167 e. The molecule has 0 aromatic heterocycles. The number of ether oxygens (including phenoxy) is 1. The van der Waals surface area contributed by atoms with Crippen LogP contribution in [-0.4, -0.2) is 43.5 Å². The molecule has 1 aromatic rings. The molecule has 2 N–H and O–H groups in total. The fraction of sp³-hybridized carbons (Fsp3) is 0.588. The maximum absolute atomic E-state index is 12.7. The SMILES string of the molecule is COc1cccc2c1CCC(CN1CCC(N)CC1)C2=O. The van der Waals surface area contributed by atoms with Crippen LogP contribution in [0.3, 0.4) is 0 Å². The molecule has 0 bridgehead atoms. The van der Waals surface area contributed by atoms with Crippen LogP contribution in [0.1, 0.15) is 35.2 Å². The van der Waals surface area contributed by atoms with Crippen LogP contribution in [-0.2, 0) is 6.42 Å². The van der Waals surface area contributed by atoms with Crippen LogP contribution in [0.2, 0.25) is 0 Å². The topological polar surface area (TPSA) is 55.6 Å². The van der Waals surface area contributed by atoms with E-state index in [4.69, 9.17) is 10.5 Å². The Kier molecular flexibility index (Phi) is 4.27. The lowest BCUT2D eigenvalue weighted by molar-refractivity contribution is 0.0840. The molecule has 1 aromatic carbocycles. The number of piperidine rings is 1. The number of carbonyl (C=O) groups is 1. The zero-order chi connectivity index (χ0) is 14.8. The van der Waals surface area contributed by atoms with Crippen LogP contribution in [0.5, 0.6) is 5.75 Å². The number of hydrogen-bond acceptors (Lipinski definition) is 4. The molecule has 1 fully saturated rings. The van der Waals surface area contributed by atoms with E-state index in [0.717, 1.165) is 62.2 Å². The second kappa shape index (κ2) is 6.16. The monoisotopic (exact) mass is 288 g/mol. The first-order valence-corrected chi connectivity index (χ1v) is 7.87. The Hall–Kier alpha value is -1.39. The van der Waals surface area contributed by atoms with Gasteiger partial charge in [-0.1, -0.05) is 12.1 Å². The lowest BCUT2D eigenvalue weighted by Crippen LogP contribution is -2.43. The van der Waals surface area contributed by atoms with Crippen molar-refractivity contribution in [1.82, 2.24) is 4.90 Å². The molecule has 114 valence electrons. The lowest BCUT2D eigenvalue weighted by Gasteiger charge is -2.34. The number of rotatable bonds is 3. The van der Waals surface area contributed by atoms with Gasteiger partial charge in [0.15, 0.2) is 5.78 Å². The summed E-state index contributed by atoms with van der Waals surface area (Å²) in [7, 11) is 1.67. The highest BCUT2D eigenvalue weighted by Crippen LogP contribution is 2.32. The number of carbonyl (C=O) groups excluding carboxylic acids is 1. The van der Waals surface area contributed by atoms with Crippen LogP contribution >= 0.6 is 0 Å². The smallest absolute Gasteiger partial charge is 0.167 e. The molecule has 1 atom stereocenters. The summed E-state index contributed by atoms with van der Waals surface area (Å²) in [4.78, 5) is 15.1. The van der Waals surface area contributed by atoms with Crippen LogP contribution < -0.4 is 10.5 Å². The highest BCUT2D eigenvalue weighted by Gasteiger charge is 2.31. The first-order valence-electron chi connectivity index (χ1n) is 7.87. The van der Waals surface area contributed by atoms with Crippen molar-refractivity contribution in [3.8, 4) is 5.75 Å². The summed E-state index contributed by atoms with van der Waals surface area (Å²) in [5, 5.41) is 0. The third-order valence-corrected chi connectivity index (χ3v) is 4.84. The van der Waals surface area contributed by atoms with Crippen molar-refractivity contribution < 1.29 is 9.53 Å². The number of nitrogens with zero attached hydrogens (tertiary/aromatic N) is 1. The van der Waals surface area contributed by atoms with Gasteiger partial charge in [0.2, 0.25) is 0 Å². The van der Waals surface area contributed by atoms with Gasteiger partial charge in [0.1, 0.15) is 5.75 Å². The molecule has 0 radical (unpaired) electrons. The number of ketones is 1. The minimum absolute atomic E-state index is 0.124. The van der Waals surface area contributed by atoms with Crippen molar-refractivity contribution >= 4 is 5.78 Å². The van der Waals surface area contributed by atoms with Gasteiger partial charge in [0.25, 0.3) is 0 Å². The quantitative estimate of drug-likeness (QED) is 0.922. The number of fused-ring (bicyclic) bond motifs is 1. The molecule has 0 saturated carbocycles. The number of Topliss-reactive ketones (excluding diaryl/α,β-unsaturated/α-hetero) is 1. The second-order valence-electron chi connectivity index (χ2n) is 6.22. The van der Waals surface area contributed by atoms with E-state index in [0.29, 0.717) is 6.04 Å². The lowest BCUT2D eigenvalue weighted by atomic mass is 9.81. The Morgan fingerprint density at radius 2 is 2.05 bits per heavy atom. The van der Waals surface area contributed by atoms with Crippen LogP contribution in [0, 0.1) is 5.92 Å². The Morgan fingerprint density at radius 3 is 2.76 bits per heavy atom. The van der Waals surface area contributed by atoms with Gasteiger partial charge in [0.05, 0.1) is 7.11 Å². The first kappa shape index (κ1) is 14.5. The second-order valence-corrected chi connectivity index (χ2v) is 6.22. The van der Waals surface area contributed by atoms with E-state index in [1.165, 1.54) is 0 Å². The van der Waals surface area contributed by atoms with Crippen LogP contribution in [0.15, 0.2) is 18.2 Å². The molecule has 1 heterocycles. The molecule has 1 unspecified atom stereocenters. The van der Waals surface area contributed by atoms with E-state index in [-0.39, 0.29) is 11.7 Å². The molecule has 2 aliphatic rings. The van der Waals surface area contributed by atoms with Gasteiger partial charge >= 0.3 is 0 Å². The van der Waals surface area contributed by atoms with Crippen molar-refractivity contribution in [3.05, 3.63) is 29.3 Å². The molecular formula is C17H24N2O2. The van der Waals surface area contributed by atoms with Gasteiger partial charge in [-0.3, -0.25) is 4.79 Å². The van der Waals surface area contributed by atoms with Gasteiger partial charge in [0, 0.05) is 29.6 Å². The van der Waals surface area contributed by atoms with E-state index in [9.17, 15) is 4.79 Å². The highest BCUT2D eigenvalue weighted by molar-refractivity contribution is 6.01. The van der Waals surface area contributed by atoms with Crippen molar-refractivity contribution in [1.29, 1.82) is 0 Å². The highest BCUT2D eigenvalue weighted by atomic mass is 16.5. The van der Waals surface area contributed by atoms with E-state index in [1.54, 1.807) is 7.11 Å². The summed E-state index contributed by atoms with van der Waals surface area (Å²) in [6.45, 7) is 2.92. The minimum atomic E-state index is 0.124. The zero-order valence-electron chi connectivity index (χ0n) is 12.7. The van der Waals surface area contributed by atoms with Crippen molar-refractivity contribution in [3.63, 3.8) is 0 Å². The summed E-state index contributed by atoms with van der Waals surface area (Å²) >= 11 is 0. The van der Waals surface area contributed by atoms with Crippen molar-refractivity contribution in [2.24, 2.45) is 11.7 Å².